The number of carbonyl (C=O) groups is 1. The Hall–Kier alpha value is -3.75. The van der Waals surface area contributed by atoms with Gasteiger partial charge in [-0.15, -0.1) is 6.58 Å². The van der Waals surface area contributed by atoms with E-state index < -0.39 is 0 Å². The first-order valence-electron chi connectivity index (χ1n) is 10.1. The molecule has 0 aliphatic heterocycles. The second-order valence-corrected chi connectivity index (χ2v) is 7.23. The number of nitrogens with one attached hydrogen (secondary N) is 1. The summed E-state index contributed by atoms with van der Waals surface area (Å²) in [7, 11) is 6.49. The summed E-state index contributed by atoms with van der Waals surface area (Å²) in [6.07, 6.45) is 2.13. The van der Waals surface area contributed by atoms with Crippen LogP contribution in [0.15, 0.2) is 35.6 Å². The van der Waals surface area contributed by atoms with E-state index in [1.165, 1.54) is 11.6 Å². The Morgan fingerprint density at radius 3 is 2.38 bits per heavy atom. The van der Waals surface area contributed by atoms with Crippen molar-refractivity contribution in [3.63, 3.8) is 0 Å². The maximum atomic E-state index is 13.2. The standard InChI is InChI=1S/C23H28N4O5/c1-7-10-24-20(28)9-8-16-14(2)26(3)21-13-17(25-27(21)23(16)29)15-11-18(30-4)22(32-6)19(12-15)31-5/h7,11-13H,1,8-10H2,2-6H3,(H,24,28). The lowest BCUT2D eigenvalue weighted by molar-refractivity contribution is -0.120. The molecular formula is C23H28N4O5. The molecule has 0 bridgehead atoms. The molecule has 0 aliphatic rings. The summed E-state index contributed by atoms with van der Waals surface area (Å²) in [5.41, 5.74) is 3.02. The number of aromatic nitrogens is 3. The van der Waals surface area contributed by atoms with Crippen molar-refractivity contribution < 1.29 is 19.0 Å². The molecule has 2 heterocycles. The predicted molar refractivity (Wildman–Crippen MR) is 122 cm³/mol. The van der Waals surface area contributed by atoms with Gasteiger partial charge < -0.3 is 24.1 Å². The van der Waals surface area contributed by atoms with Gasteiger partial charge >= 0.3 is 0 Å². The van der Waals surface area contributed by atoms with Crippen LogP contribution >= 0.6 is 0 Å². The molecule has 0 unspecified atom stereocenters. The fraction of sp³-hybridized carbons (Fsp3) is 0.348. The molecule has 1 N–H and O–H groups in total. The van der Waals surface area contributed by atoms with Gasteiger partial charge in [0.05, 0.1) is 27.0 Å². The lowest BCUT2D eigenvalue weighted by Gasteiger charge is -2.13. The molecule has 0 aliphatic carbocycles. The van der Waals surface area contributed by atoms with Crippen LogP contribution in [-0.2, 0) is 18.3 Å². The van der Waals surface area contributed by atoms with Crippen molar-refractivity contribution >= 4 is 11.6 Å². The summed E-state index contributed by atoms with van der Waals surface area (Å²) < 4.78 is 19.5. The van der Waals surface area contributed by atoms with Gasteiger partial charge in [0.2, 0.25) is 11.7 Å². The number of methoxy groups -OCH3 is 3. The van der Waals surface area contributed by atoms with Gasteiger partial charge in [-0.2, -0.15) is 9.61 Å². The average molecular weight is 441 g/mol. The molecule has 3 rings (SSSR count). The van der Waals surface area contributed by atoms with Gasteiger partial charge in [-0.05, 0) is 25.5 Å². The molecule has 0 atom stereocenters. The van der Waals surface area contributed by atoms with Crippen LogP contribution in [0.1, 0.15) is 17.7 Å². The molecule has 32 heavy (non-hydrogen) atoms. The van der Waals surface area contributed by atoms with Crippen molar-refractivity contribution in [2.75, 3.05) is 27.9 Å². The topological polar surface area (TPSA) is 96.1 Å². The number of hydrogen-bond donors (Lipinski definition) is 1. The van der Waals surface area contributed by atoms with Crippen LogP contribution in [0.25, 0.3) is 16.9 Å². The minimum absolute atomic E-state index is 0.134. The molecule has 1 amide bonds. The highest BCUT2D eigenvalue weighted by Crippen LogP contribution is 2.41. The van der Waals surface area contributed by atoms with E-state index in [-0.39, 0.29) is 17.9 Å². The highest BCUT2D eigenvalue weighted by atomic mass is 16.5. The third-order valence-corrected chi connectivity index (χ3v) is 5.43. The molecule has 9 nitrogen and oxygen atoms in total. The van der Waals surface area contributed by atoms with Crippen molar-refractivity contribution in [1.29, 1.82) is 0 Å². The third kappa shape index (κ3) is 4.18. The van der Waals surface area contributed by atoms with Crippen LogP contribution < -0.4 is 25.1 Å². The fourth-order valence-electron chi connectivity index (χ4n) is 3.59. The van der Waals surface area contributed by atoms with Crippen LogP contribution in [0.5, 0.6) is 17.2 Å². The van der Waals surface area contributed by atoms with E-state index in [0.717, 1.165) is 5.69 Å². The smallest absolute Gasteiger partial charge is 0.277 e. The molecule has 0 fully saturated rings. The lowest BCUT2D eigenvalue weighted by Crippen LogP contribution is -2.28. The zero-order chi connectivity index (χ0) is 23.4. The zero-order valence-electron chi connectivity index (χ0n) is 19.0. The Labute approximate surface area is 186 Å². The molecule has 2 aromatic heterocycles. The van der Waals surface area contributed by atoms with Gasteiger partial charge in [-0.25, -0.2) is 0 Å². The highest BCUT2D eigenvalue weighted by molar-refractivity contribution is 5.76. The number of aryl methyl sites for hydroxylation is 1. The van der Waals surface area contributed by atoms with Crippen LogP contribution in [0.2, 0.25) is 0 Å². The first-order valence-corrected chi connectivity index (χ1v) is 10.1. The first kappa shape index (κ1) is 22.9. The molecule has 0 spiro atoms. The van der Waals surface area contributed by atoms with E-state index in [1.807, 2.05) is 24.6 Å². The second-order valence-electron chi connectivity index (χ2n) is 7.23. The Balaban J connectivity index is 2.07. The first-order chi connectivity index (χ1) is 15.4. The Bertz CT molecular complexity index is 1200. The predicted octanol–water partition coefficient (Wildman–Crippen LogP) is 2.27. The summed E-state index contributed by atoms with van der Waals surface area (Å²) >= 11 is 0. The highest BCUT2D eigenvalue weighted by Gasteiger charge is 2.19. The zero-order valence-corrected chi connectivity index (χ0v) is 19.0. The number of rotatable bonds is 9. The molecule has 1 aromatic carbocycles. The molecule has 9 heteroatoms. The Morgan fingerprint density at radius 1 is 1.16 bits per heavy atom. The van der Waals surface area contributed by atoms with Crippen molar-refractivity contribution in [1.82, 2.24) is 19.5 Å². The maximum absolute atomic E-state index is 13.2. The number of hydrogen-bond acceptors (Lipinski definition) is 6. The monoisotopic (exact) mass is 440 g/mol. The Kier molecular flexibility index (Phi) is 6.87. The summed E-state index contributed by atoms with van der Waals surface area (Å²) in [6, 6.07) is 5.40. The minimum atomic E-state index is -0.245. The summed E-state index contributed by atoms with van der Waals surface area (Å²) in [4.78, 5) is 25.2. The summed E-state index contributed by atoms with van der Waals surface area (Å²) in [5, 5.41) is 7.27. The van der Waals surface area contributed by atoms with Gasteiger partial charge in [-0.1, -0.05) is 6.08 Å². The van der Waals surface area contributed by atoms with E-state index in [0.29, 0.717) is 52.7 Å². The number of fused-ring (bicyclic) bond motifs is 1. The van der Waals surface area contributed by atoms with Crippen LogP contribution in [-0.4, -0.2) is 48.0 Å². The number of carbonyl (C=O) groups excluding carboxylic acids is 1. The molecule has 170 valence electrons. The quantitative estimate of drug-likeness (QED) is 0.513. The number of benzene rings is 1. The van der Waals surface area contributed by atoms with Crippen molar-refractivity contribution in [2.24, 2.45) is 7.05 Å². The van der Waals surface area contributed by atoms with Crippen LogP contribution in [0, 0.1) is 6.92 Å². The number of amides is 1. The van der Waals surface area contributed by atoms with Crippen LogP contribution in [0.4, 0.5) is 0 Å². The van der Waals surface area contributed by atoms with Crippen molar-refractivity contribution in [3.8, 4) is 28.5 Å². The molecular weight excluding hydrogens is 412 g/mol. The molecule has 0 saturated carbocycles. The lowest BCUT2D eigenvalue weighted by atomic mass is 10.1. The van der Waals surface area contributed by atoms with Gasteiger partial charge in [0.15, 0.2) is 11.5 Å². The third-order valence-electron chi connectivity index (χ3n) is 5.43. The van der Waals surface area contributed by atoms with Gasteiger partial charge in [-0.3, -0.25) is 9.59 Å². The van der Waals surface area contributed by atoms with Gasteiger partial charge in [0, 0.05) is 42.9 Å². The summed E-state index contributed by atoms with van der Waals surface area (Å²) in [6.45, 7) is 5.84. The van der Waals surface area contributed by atoms with E-state index in [2.05, 4.69) is 17.0 Å². The fourth-order valence-corrected chi connectivity index (χ4v) is 3.59. The number of nitrogens with zero attached hydrogens (tertiary/aromatic N) is 3. The SMILES string of the molecule is C=CCNC(=O)CCc1c(C)n(C)c2cc(-c3cc(OC)c(OC)c(OC)c3)nn2c1=O. The van der Waals surface area contributed by atoms with Crippen molar-refractivity contribution in [2.45, 2.75) is 19.8 Å². The summed E-state index contributed by atoms with van der Waals surface area (Å²) in [5.74, 6) is 1.33. The van der Waals surface area contributed by atoms with Gasteiger partial charge in [0.1, 0.15) is 5.65 Å². The van der Waals surface area contributed by atoms with Crippen molar-refractivity contribution in [3.05, 3.63) is 52.5 Å². The average Bonchev–Trinajstić information content (AvgIpc) is 3.26. The molecule has 3 aromatic rings. The van der Waals surface area contributed by atoms with E-state index in [9.17, 15) is 9.59 Å². The second kappa shape index (κ2) is 9.59. The number of ether oxygens (including phenoxy) is 3. The van der Waals surface area contributed by atoms with Gasteiger partial charge in [0.25, 0.3) is 5.56 Å². The molecule has 0 saturated heterocycles. The normalized spacial score (nSPS) is 10.8. The minimum Gasteiger partial charge on any atom is -0.493 e. The maximum Gasteiger partial charge on any atom is 0.277 e. The van der Waals surface area contributed by atoms with E-state index in [1.54, 1.807) is 32.4 Å². The molecule has 0 radical (unpaired) electrons. The Morgan fingerprint density at radius 2 is 1.81 bits per heavy atom. The van der Waals surface area contributed by atoms with E-state index >= 15 is 0 Å². The van der Waals surface area contributed by atoms with Crippen LogP contribution in [0.3, 0.4) is 0 Å². The largest absolute Gasteiger partial charge is 0.493 e. The van der Waals surface area contributed by atoms with E-state index in [4.69, 9.17) is 14.2 Å².